The molecule has 3 atom stereocenters. The topological polar surface area (TPSA) is 21.3 Å². The van der Waals surface area contributed by atoms with Crippen LogP contribution in [0, 0.1) is 5.92 Å². The van der Waals surface area contributed by atoms with Crippen LogP contribution in [0.1, 0.15) is 30.9 Å². The van der Waals surface area contributed by atoms with Crippen LogP contribution in [0.25, 0.3) is 0 Å². The van der Waals surface area contributed by atoms with Crippen LogP contribution in [-0.2, 0) is 4.74 Å². The molecular formula is C16H22BrNOS. The summed E-state index contributed by atoms with van der Waals surface area (Å²) in [5.74, 6) is 3.11. The smallest absolute Gasteiger partial charge is 0.0783 e. The number of halogens is 1. The summed E-state index contributed by atoms with van der Waals surface area (Å²) < 4.78 is 7.31. The number of nitrogens with one attached hydrogen (secondary N) is 1. The second-order valence-electron chi connectivity index (χ2n) is 5.91. The Labute approximate surface area is 134 Å². The van der Waals surface area contributed by atoms with E-state index < -0.39 is 0 Å². The molecule has 1 aromatic rings. The molecule has 2 saturated heterocycles. The molecule has 3 unspecified atom stereocenters. The Morgan fingerprint density at radius 2 is 2.40 bits per heavy atom. The number of thioether (sulfide) groups is 1. The van der Waals surface area contributed by atoms with Crippen LogP contribution < -0.4 is 5.32 Å². The quantitative estimate of drug-likeness (QED) is 0.884. The Morgan fingerprint density at radius 3 is 3.10 bits per heavy atom. The third-order valence-electron chi connectivity index (χ3n) is 4.59. The summed E-state index contributed by atoms with van der Waals surface area (Å²) in [6, 6.07) is 9.13. The second kappa shape index (κ2) is 6.39. The van der Waals surface area contributed by atoms with Crippen molar-refractivity contribution in [1.82, 2.24) is 5.32 Å². The first-order valence-electron chi connectivity index (χ1n) is 7.37. The van der Waals surface area contributed by atoms with Crippen molar-refractivity contribution in [3.63, 3.8) is 0 Å². The van der Waals surface area contributed by atoms with Crippen molar-refractivity contribution in [3.05, 3.63) is 34.3 Å². The summed E-state index contributed by atoms with van der Waals surface area (Å²) in [7, 11) is 2.08. The van der Waals surface area contributed by atoms with Crippen molar-refractivity contribution in [1.29, 1.82) is 0 Å². The van der Waals surface area contributed by atoms with E-state index in [9.17, 15) is 0 Å². The molecule has 2 aliphatic heterocycles. The maximum Gasteiger partial charge on any atom is 0.0783 e. The molecule has 110 valence electrons. The average molecular weight is 356 g/mol. The van der Waals surface area contributed by atoms with E-state index in [1.165, 1.54) is 29.9 Å². The molecule has 2 aliphatic rings. The molecule has 20 heavy (non-hydrogen) atoms. The summed E-state index contributed by atoms with van der Waals surface area (Å²) >= 11 is 5.63. The molecule has 2 nitrogen and oxygen atoms in total. The van der Waals surface area contributed by atoms with Crippen LogP contribution in [-0.4, -0.2) is 30.8 Å². The summed E-state index contributed by atoms with van der Waals surface area (Å²) in [6.45, 7) is 0.914. The largest absolute Gasteiger partial charge is 0.374 e. The van der Waals surface area contributed by atoms with Crippen LogP contribution in [0.2, 0.25) is 0 Å². The van der Waals surface area contributed by atoms with Gasteiger partial charge >= 0.3 is 0 Å². The third kappa shape index (κ3) is 3.08. The molecule has 3 rings (SSSR count). The van der Waals surface area contributed by atoms with E-state index in [0.717, 1.165) is 17.5 Å². The molecule has 2 heterocycles. The summed E-state index contributed by atoms with van der Waals surface area (Å²) in [4.78, 5) is 0. The summed E-state index contributed by atoms with van der Waals surface area (Å²) in [5.41, 5.74) is 1.55. The molecule has 0 saturated carbocycles. The van der Waals surface area contributed by atoms with Gasteiger partial charge < -0.3 is 10.1 Å². The zero-order chi connectivity index (χ0) is 14.0. The van der Waals surface area contributed by atoms with Crippen molar-refractivity contribution in [2.45, 2.75) is 30.9 Å². The first-order valence-corrected chi connectivity index (χ1v) is 9.32. The molecule has 1 spiro atoms. The van der Waals surface area contributed by atoms with Gasteiger partial charge in [-0.25, -0.2) is 0 Å². The predicted molar refractivity (Wildman–Crippen MR) is 89.3 cm³/mol. The Hall–Kier alpha value is -0.0300. The first-order chi connectivity index (χ1) is 9.72. The zero-order valence-corrected chi connectivity index (χ0v) is 14.3. The minimum atomic E-state index is 0.161. The van der Waals surface area contributed by atoms with Crippen molar-refractivity contribution in [2.75, 3.05) is 25.2 Å². The number of benzene rings is 1. The van der Waals surface area contributed by atoms with E-state index in [4.69, 9.17) is 4.74 Å². The highest BCUT2D eigenvalue weighted by Gasteiger charge is 2.42. The van der Waals surface area contributed by atoms with Gasteiger partial charge in [-0.1, -0.05) is 28.1 Å². The first kappa shape index (κ1) is 14.9. The fraction of sp³-hybridized carbons (Fsp3) is 0.625. The molecule has 0 bridgehead atoms. The van der Waals surface area contributed by atoms with E-state index >= 15 is 0 Å². The van der Waals surface area contributed by atoms with Crippen molar-refractivity contribution >= 4 is 27.7 Å². The van der Waals surface area contributed by atoms with Crippen LogP contribution in [0.4, 0.5) is 0 Å². The molecule has 0 amide bonds. The van der Waals surface area contributed by atoms with Gasteiger partial charge in [-0.3, -0.25) is 0 Å². The lowest BCUT2D eigenvalue weighted by Crippen LogP contribution is -2.43. The predicted octanol–water partition coefficient (Wildman–Crippen LogP) is 4.01. The monoisotopic (exact) mass is 355 g/mol. The van der Waals surface area contributed by atoms with Crippen molar-refractivity contribution in [2.24, 2.45) is 5.92 Å². The van der Waals surface area contributed by atoms with Gasteiger partial charge in [-0.2, -0.15) is 11.8 Å². The van der Waals surface area contributed by atoms with Gasteiger partial charge in [-0.15, -0.1) is 0 Å². The van der Waals surface area contributed by atoms with Gasteiger partial charge in [0.15, 0.2) is 0 Å². The van der Waals surface area contributed by atoms with Crippen LogP contribution in [0.3, 0.4) is 0 Å². The molecule has 0 aliphatic carbocycles. The maximum atomic E-state index is 6.15. The van der Waals surface area contributed by atoms with E-state index in [2.05, 4.69) is 52.6 Å². The van der Waals surface area contributed by atoms with Gasteiger partial charge in [0.2, 0.25) is 0 Å². The Balaban J connectivity index is 1.78. The minimum Gasteiger partial charge on any atom is -0.374 e. The Bertz CT molecular complexity index is 462. The standard InChI is InChI=1S/C16H22BrNOS/c1-18-15(12-3-2-4-14(17)9-12)13-5-7-19-16(10-13)6-8-20-11-16/h2-4,9,13,15,18H,5-8,10-11H2,1H3. The highest BCUT2D eigenvalue weighted by Crippen LogP contribution is 2.44. The lowest BCUT2D eigenvalue weighted by molar-refractivity contribution is -0.0850. The number of hydrogen-bond donors (Lipinski definition) is 1. The maximum absolute atomic E-state index is 6.15. The Kier molecular flexibility index (Phi) is 4.75. The fourth-order valence-corrected chi connectivity index (χ4v) is 5.38. The number of hydrogen-bond acceptors (Lipinski definition) is 3. The van der Waals surface area contributed by atoms with E-state index in [0.29, 0.717) is 12.0 Å². The molecule has 2 fully saturated rings. The molecule has 0 radical (unpaired) electrons. The highest BCUT2D eigenvalue weighted by atomic mass is 79.9. The fourth-order valence-electron chi connectivity index (χ4n) is 3.59. The summed E-state index contributed by atoms with van der Waals surface area (Å²) in [6.07, 6.45) is 3.57. The third-order valence-corrected chi connectivity index (χ3v) is 6.30. The number of ether oxygens (including phenoxy) is 1. The van der Waals surface area contributed by atoms with Gasteiger partial charge in [0.05, 0.1) is 5.60 Å². The van der Waals surface area contributed by atoms with Gasteiger partial charge in [0.25, 0.3) is 0 Å². The van der Waals surface area contributed by atoms with Crippen LogP contribution in [0.5, 0.6) is 0 Å². The lowest BCUT2D eigenvalue weighted by atomic mass is 9.79. The lowest BCUT2D eigenvalue weighted by Gasteiger charge is -2.41. The van der Waals surface area contributed by atoms with Crippen molar-refractivity contribution < 1.29 is 4.74 Å². The van der Waals surface area contributed by atoms with Gasteiger partial charge in [0.1, 0.15) is 0 Å². The van der Waals surface area contributed by atoms with E-state index in [-0.39, 0.29) is 5.60 Å². The zero-order valence-electron chi connectivity index (χ0n) is 11.9. The Morgan fingerprint density at radius 1 is 1.50 bits per heavy atom. The average Bonchev–Trinajstić information content (AvgIpc) is 2.88. The van der Waals surface area contributed by atoms with Gasteiger partial charge in [-0.05, 0) is 55.7 Å². The minimum absolute atomic E-state index is 0.161. The van der Waals surface area contributed by atoms with E-state index in [1.54, 1.807) is 0 Å². The second-order valence-corrected chi connectivity index (χ2v) is 7.93. The van der Waals surface area contributed by atoms with Crippen LogP contribution in [0.15, 0.2) is 28.7 Å². The molecule has 0 aromatic heterocycles. The van der Waals surface area contributed by atoms with Gasteiger partial charge in [0, 0.05) is 22.9 Å². The van der Waals surface area contributed by atoms with Crippen molar-refractivity contribution in [3.8, 4) is 0 Å². The molecule has 1 aromatic carbocycles. The normalized spacial score (nSPS) is 31.6. The highest BCUT2D eigenvalue weighted by molar-refractivity contribution is 9.10. The molecule has 1 N–H and O–H groups in total. The van der Waals surface area contributed by atoms with E-state index in [1.807, 2.05) is 11.8 Å². The van der Waals surface area contributed by atoms with Crippen LogP contribution >= 0.6 is 27.7 Å². The number of rotatable bonds is 3. The SMILES string of the molecule is CNC(c1cccc(Br)c1)C1CCOC2(CCSC2)C1. The molecular weight excluding hydrogens is 334 g/mol. The molecule has 4 heteroatoms. The summed E-state index contributed by atoms with van der Waals surface area (Å²) in [5, 5.41) is 3.54.